The molecule has 18 heavy (non-hydrogen) atoms. The highest BCUT2D eigenvalue weighted by Gasteiger charge is 2.52. The van der Waals surface area contributed by atoms with Crippen molar-refractivity contribution in [2.75, 3.05) is 36.9 Å². The average Bonchev–Trinajstić information content (AvgIpc) is 3.08. The monoisotopic (exact) mass is 246 g/mol. The third kappa shape index (κ3) is 1.51. The van der Waals surface area contributed by atoms with E-state index in [0.717, 1.165) is 37.7 Å². The Balaban J connectivity index is 1.52. The van der Waals surface area contributed by atoms with Gasteiger partial charge in [0.05, 0.1) is 36.8 Å². The Bertz CT molecular complexity index is 462. The van der Waals surface area contributed by atoms with E-state index >= 15 is 0 Å². The summed E-state index contributed by atoms with van der Waals surface area (Å²) in [6.07, 6.45) is 4.84. The Morgan fingerprint density at radius 1 is 1.28 bits per heavy atom. The van der Waals surface area contributed by atoms with Crippen LogP contribution in [0.1, 0.15) is 6.42 Å². The number of fused-ring (bicyclic) bond motifs is 1. The van der Waals surface area contributed by atoms with Crippen LogP contribution in [0.4, 0.5) is 11.4 Å². The Morgan fingerprint density at radius 3 is 2.89 bits per heavy atom. The molecule has 2 atom stereocenters. The Kier molecular flexibility index (Phi) is 2.25. The van der Waals surface area contributed by atoms with Gasteiger partial charge < -0.3 is 15.4 Å². The van der Waals surface area contributed by atoms with Gasteiger partial charge in [0.15, 0.2) is 0 Å². The van der Waals surface area contributed by atoms with Crippen molar-refractivity contribution in [2.24, 2.45) is 0 Å². The van der Waals surface area contributed by atoms with E-state index in [1.165, 1.54) is 6.42 Å². The first-order chi connectivity index (χ1) is 8.84. The fraction of sp³-hybridized carbons (Fsp3) is 0.615. The molecule has 2 saturated heterocycles. The summed E-state index contributed by atoms with van der Waals surface area (Å²) in [6.45, 7) is 4.02. The normalized spacial score (nSPS) is 31.9. The van der Waals surface area contributed by atoms with E-state index in [2.05, 4.69) is 14.8 Å². The molecule has 0 spiro atoms. The van der Waals surface area contributed by atoms with Crippen molar-refractivity contribution in [2.45, 2.75) is 24.5 Å². The lowest BCUT2D eigenvalue weighted by Gasteiger charge is -2.43. The van der Waals surface area contributed by atoms with Gasteiger partial charge in [-0.25, -0.2) is 0 Å². The number of rotatable bonds is 2. The van der Waals surface area contributed by atoms with E-state index in [9.17, 15) is 0 Å². The molecule has 1 aromatic heterocycles. The van der Waals surface area contributed by atoms with Crippen molar-refractivity contribution in [3.8, 4) is 0 Å². The molecule has 0 amide bonds. The molecule has 1 aromatic rings. The lowest BCUT2D eigenvalue weighted by Crippen LogP contribution is -2.56. The molecular formula is C13H18N4O. The van der Waals surface area contributed by atoms with Crippen LogP contribution in [0.25, 0.3) is 0 Å². The number of anilines is 2. The molecule has 5 nitrogen and oxygen atoms in total. The molecule has 2 N–H and O–H groups in total. The maximum atomic E-state index is 6.03. The molecule has 4 rings (SSSR count). The second-order valence-corrected chi connectivity index (χ2v) is 5.43. The van der Waals surface area contributed by atoms with Crippen LogP contribution in [0.2, 0.25) is 0 Å². The molecule has 2 aliphatic heterocycles. The molecule has 0 aromatic carbocycles. The highest BCUT2D eigenvalue weighted by Crippen LogP contribution is 2.42. The van der Waals surface area contributed by atoms with E-state index in [1.54, 1.807) is 6.20 Å². The van der Waals surface area contributed by atoms with Gasteiger partial charge in [-0.05, 0) is 12.5 Å². The van der Waals surface area contributed by atoms with E-state index < -0.39 is 0 Å². The standard InChI is InChI=1S/C13H18N4O/c14-10-6-15-2-1-11(10)17-4-3-16(9-7-18-8-9)12-5-13(12)17/h1-2,6,9,12-13H,3-5,7-8,14H2. The SMILES string of the molecule is Nc1cnccc1N1CCN(C2COC2)C2CC21. The van der Waals surface area contributed by atoms with Crippen LogP contribution >= 0.6 is 0 Å². The van der Waals surface area contributed by atoms with Gasteiger partial charge in [-0.2, -0.15) is 0 Å². The molecule has 1 saturated carbocycles. The quantitative estimate of drug-likeness (QED) is 0.815. The van der Waals surface area contributed by atoms with Crippen LogP contribution in [0, 0.1) is 0 Å². The molecule has 0 radical (unpaired) electrons. The van der Waals surface area contributed by atoms with Crippen LogP contribution in [0.15, 0.2) is 18.5 Å². The van der Waals surface area contributed by atoms with Crippen molar-refractivity contribution in [3.63, 3.8) is 0 Å². The third-order valence-corrected chi connectivity index (χ3v) is 4.38. The zero-order valence-electron chi connectivity index (χ0n) is 10.3. The summed E-state index contributed by atoms with van der Waals surface area (Å²) in [4.78, 5) is 9.15. The van der Waals surface area contributed by atoms with Crippen molar-refractivity contribution in [3.05, 3.63) is 18.5 Å². The van der Waals surface area contributed by atoms with E-state index in [1.807, 2.05) is 12.3 Å². The second-order valence-electron chi connectivity index (χ2n) is 5.43. The van der Waals surface area contributed by atoms with Crippen LogP contribution in [-0.2, 0) is 4.74 Å². The number of nitrogens with two attached hydrogens (primary N) is 1. The highest BCUT2D eigenvalue weighted by molar-refractivity contribution is 5.67. The summed E-state index contributed by atoms with van der Waals surface area (Å²) in [7, 11) is 0. The van der Waals surface area contributed by atoms with Crippen molar-refractivity contribution < 1.29 is 4.74 Å². The zero-order chi connectivity index (χ0) is 12.1. The smallest absolute Gasteiger partial charge is 0.0738 e. The molecular weight excluding hydrogens is 228 g/mol. The van der Waals surface area contributed by atoms with Crippen molar-refractivity contribution in [1.82, 2.24) is 9.88 Å². The van der Waals surface area contributed by atoms with Crippen LogP contribution in [0.3, 0.4) is 0 Å². The predicted octanol–water partition coefficient (Wildman–Crippen LogP) is 0.325. The van der Waals surface area contributed by atoms with E-state index in [4.69, 9.17) is 10.5 Å². The number of hydrogen-bond acceptors (Lipinski definition) is 5. The molecule has 2 unspecified atom stereocenters. The number of hydrogen-bond donors (Lipinski definition) is 1. The van der Waals surface area contributed by atoms with Gasteiger partial charge in [0.1, 0.15) is 0 Å². The topological polar surface area (TPSA) is 54.6 Å². The van der Waals surface area contributed by atoms with Gasteiger partial charge >= 0.3 is 0 Å². The third-order valence-electron chi connectivity index (χ3n) is 4.38. The molecule has 96 valence electrons. The average molecular weight is 246 g/mol. The highest BCUT2D eigenvalue weighted by atomic mass is 16.5. The Morgan fingerprint density at radius 2 is 2.17 bits per heavy atom. The Hall–Kier alpha value is -1.33. The fourth-order valence-corrected chi connectivity index (χ4v) is 3.24. The molecule has 5 heteroatoms. The first kappa shape index (κ1) is 10.6. The van der Waals surface area contributed by atoms with E-state index in [-0.39, 0.29) is 0 Å². The summed E-state index contributed by atoms with van der Waals surface area (Å²) in [5, 5.41) is 0. The summed E-state index contributed by atoms with van der Waals surface area (Å²) in [5.74, 6) is 0. The van der Waals surface area contributed by atoms with Gasteiger partial charge in [0, 0.05) is 31.4 Å². The molecule has 3 aliphatic rings. The van der Waals surface area contributed by atoms with Gasteiger partial charge in [-0.1, -0.05) is 0 Å². The summed E-state index contributed by atoms with van der Waals surface area (Å²) < 4.78 is 5.30. The molecule has 0 bridgehead atoms. The van der Waals surface area contributed by atoms with Crippen molar-refractivity contribution in [1.29, 1.82) is 0 Å². The van der Waals surface area contributed by atoms with Crippen LogP contribution in [0.5, 0.6) is 0 Å². The van der Waals surface area contributed by atoms with Crippen LogP contribution in [-0.4, -0.2) is 54.3 Å². The van der Waals surface area contributed by atoms with Crippen LogP contribution < -0.4 is 10.6 Å². The minimum Gasteiger partial charge on any atom is -0.396 e. The minimum atomic E-state index is 0.643. The predicted molar refractivity (Wildman–Crippen MR) is 69.5 cm³/mol. The maximum Gasteiger partial charge on any atom is 0.0738 e. The molecule has 3 fully saturated rings. The lowest BCUT2D eigenvalue weighted by molar-refractivity contribution is -0.0701. The number of piperazine rings is 1. The maximum absolute atomic E-state index is 6.03. The minimum absolute atomic E-state index is 0.643. The van der Waals surface area contributed by atoms with Gasteiger partial charge in [-0.3, -0.25) is 9.88 Å². The van der Waals surface area contributed by atoms with Gasteiger partial charge in [-0.15, -0.1) is 0 Å². The second kappa shape index (κ2) is 3.83. The summed E-state index contributed by atoms with van der Waals surface area (Å²) in [6, 6.07) is 4.05. The largest absolute Gasteiger partial charge is 0.396 e. The number of nitrogens with zero attached hydrogens (tertiary/aromatic N) is 3. The van der Waals surface area contributed by atoms with Gasteiger partial charge in [0.2, 0.25) is 0 Å². The van der Waals surface area contributed by atoms with E-state index in [0.29, 0.717) is 18.1 Å². The fourth-order valence-electron chi connectivity index (χ4n) is 3.24. The number of nitrogen functional groups attached to an aromatic ring is 1. The first-order valence-electron chi connectivity index (χ1n) is 6.64. The number of ether oxygens (including phenoxy) is 1. The number of aromatic nitrogens is 1. The summed E-state index contributed by atoms with van der Waals surface area (Å²) >= 11 is 0. The summed E-state index contributed by atoms with van der Waals surface area (Å²) in [5.41, 5.74) is 7.98. The number of pyridine rings is 1. The van der Waals surface area contributed by atoms with Crippen molar-refractivity contribution >= 4 is 11.4 Å². The Labute approximate surface area is 107 Å². The zero-order valence-corrected chi connectivity index (χ0v) is 10.3. The molecule has 3 heterocycles. The lowest BCUT2D eigenvalue weighted by atomic mass is 10.1. The molecule has 1 aliphatic carbocycles. The first-order valence-corrected chi connectivity index (χ1v) is 6.64. The van der Waals surface area contributed by atoms with Gasteiger partial charge in [0.25, 0.3) is 0 Å².